The predicted octanol–water partition coefficient (Wildman–Crippen LogP) is 5.61. The van der Waals surface area contributed by atoms with Gasteiger partial charge in [-0.25, -0.2) is 17.2 Å². The second kappa shape index (κ2) is 15.8. The van der Waals surface area contributed by atoms with Crippen molar-refractivity contribution in [2.75, 3.05) is 0 Å². The zero-order chi connectivity index (χ0) is 33.8. The van der Waals surface area contributed by atoms with Crippen LogP contribution in [0.15, 0.2) is 71.3 Å². The van der Waals surface area contributed by atoms with Gasteiger partial charge in [0.2, 0.25) is 0 Å². The van der Waals surface area contributed by atoms with Crippen molar-refractivity contribution in [3.8, 4) is 0 Å². The first-order valence-electron chi connectivity index (χ1n) is 18.4. The molecule has 0 aliphatic heterocycles. The van der Waals surface area contributed by atoms with Crippen molar-refractivity contribution in [3.05, 3.63) is 93.9 Å². The van der Waals surface area contributed by atoms with Gasteiger partial charge in [-0.05, 0) is 34.7 Å². The van der Waals surface area contributed by atoms with E-state index >= 15 is 0 Å². The number of aryl methyl sites for hydroxylation is 1. The van der Waals surface area contributed by atoms with E-state index in [1.807, 2.05) is 0 Å². The first-order valence-corrected chi connectivity index (χ1v) is 23.2. The molecule has 0 radical (unpaired) electrons. The second-order valence-electron chi connectivity index (χ2n) is 17.1. The molecule has 5 aliphatic rings. The first-order chi connectivity index (χ1) is 21.5. The molecular formula is C44H62Cl2SiZr-2. The zero-order valence-electron chi connectivity index (χ0n) is 32.1. The normalized spacial score (nSPS) is 31.9. The summed E-state index contributed by atoms with van der Waals surface area (Å²) in [6, 6.07) is 16.0. The number of hydrogen-bond donors (Lipinski definition) is 0. The summed E-state index contributed by atoms with van der Waals surface area (Å²) in [5, 5.41) is 1.57. The van der Waals surface area contributed by atoms with E-state index in [-0.39, 0.29) is 35.6 Å². The monoisotopic (exact) mass is 778 g/mol. The zero-order valence-corrected chi connectivity index (χ0v) is 37.1. The van der Waals surface area contributed by atoms with E-state index in [4.69, 9.17) is 0 Å². The van der Waals surface area contributed by atoms with Crippen molar-refractivity contribution in [1.29, 1.82) is 0 Å². The Morgan fingerprint density at radius 1 is 0.896 bits per heavy atom. The van der Waals surface area contributed by atoms with Crippen LogP contribution >= 0.6 is 0 Å². The molecule has 262 valence electrons. The summed E-state index contributed by atoms with van der Waals surface area (Å²) in [5.74, 6) is 4.93. The van der Waals surface area contributed by atoms with Gasteiger partial charge in [0.05, 0.1) is 0 Å². The van der Waals surface area contributed by atoms with Crippen molar-refractivity contribution in [2.45, 2.75) is 120 Å². The van der Waals surface area contributed by atoms with E-state index in [1.165, 1.54) is 48.8 Å². The Morgan fingerprint density at radius 3 is 2.04 bits per heavy atom. The topological polar surface area (TPSA) is 0 Å². The maximum atomic E-state index is 2.63. The SMILES string of the molecule is C[C-]1C2=C3Cc4ccccc4C3=C3C=CC(C)C(C)C3(C)C2(C)C(C)C(C)C1C.Cc1cc([Si](C)(C)C)c[cH-]1.[Cl-].[Cl-].[Zr+2]=[C]1CCCCC1. The van der Waals surface area contributed by atoms with Gasteiger partial charge in [0.15, 0.2) is 0 Å². The summed E-state index contributed by atoms with van der Waals surface area (Å²) in [7, 11) is -1.01. The van der Waals surface area contributed by atoms with Crippen molar-refractivity contribution < 1.29 is 49.0 Å². The van der Waals surface area contributed by atoms with Crippen LogP contribution in [0.1, 0.15) is 104 Å². The molecule has 0 heterocycles. The average Bonchev–Trinajstić information content (AvgIpc) is 3.63. The van der Waals surface area contributed by atoms with Gasteiger partial charge >= 0.3 is 59.5 Å². The molecule has 2 fully saturated rings. The molecule has 7 rings (SSSR count). The summed E-state index contributed by atoms with van der Waals surface area (Å²) < 4.78 is 1.80. The van der Waals surface area contributed by atoms with Gasteiger partial charge in [0.1, 0.15) is 0 Å². The van der Waals surface area contributed by atoms with E-state index in [2.05, 4.69) is 137 Å². The molecule has 7 unspecified atom stereocenters. The molecule has 0 nitrogen and oxygen atoms in total. The Labute approximate surface area is 323 Å². The van der Waals surface area contributed by atoms with E-state index in [1.54, 1.807) is 60.8 Å². The molecule has 0 spiro atoms. The Morgan fingerprint density at radius 2 is 1.52 bits per heavy atom. The number of allylic oxidation sites excluding steroid dienone is 6. The second-order valence-corrected chi connectivity index (χ2v) is 23.9. The van der Waals surface area contributed by atoms with E-state index in [0.29, 0.717) is 29.6 Å². The molecule has 2 saturated carbocycles. The molecule has 0 aromatic heterocycles. The molecule has 5 aliphatic carbocycles. The fourth-order valence-corrected chi connectivity index (χ4v) is 12.0. The molecule has 4 heteroatoms. The van der Waals surface area contributed by atoms with Gasteiger partial charge in [-0.1, -0.05) is 140 Å². The van der Waals surface area contributed by atoms with Gasteiger partial charge in [0, 0.05) is 13.5 Å². The third kappa shape index (κ3) is 7.14. The molecule has 0 amide bonds. The van der Waals surface area contributed by atoms with E-state index < -0.39 is 8.07 Å². The van der Waals surface area contributed by atoms with Gasteiger partial charge < -0.3 is 24.8 Å². The van der Waals surface area contributed by atoms with Crippen LogP contribution in [0.5, 0.6) is 0 Å². The standard InChI is InChI=1S/C29H37.C9H15Si.C6H10.2ClH.Zr/c1-16-13-14-25-26-23-12-10-9-11-22(23)15-24(26)27-19(4)17(2)18(3)21(6)29(27,8)28(25,7)20(16)5;1-8-5-6-9(7-8)10(2,3)4;1-2-4-6-5-3-1;;;/h9-14,16-18,20-21H,15H2,1-8H3;5-7H,1-4H3;1-5H2;2*1H;/q2*-1;;;;+2/p-2. The van der Waals surface area contributed by atoms with Crippen LogP contribution in [0.25, 0.3) is 5.57 Å². The number of hydrogen-bond acceptors (Lipinski definition) is 0. The van der Waals surface area contributed by atoms with Crippen LogP contribution in [-0.2, 0) is 30.7 Å². The number of halogens is 2. The van der Waals surface area contributed by atoms with Crippen molar-refractivity contribution in [2.24, 2.45) is 40.4 Å². The molecule has 0 saturated heterocycles. The molecule has 48 heavy (non-hydrogen) atoms. The van der Waals surface area contributed by atoms with Crippen LogP contribution in [0.4, 0.5) is 0 Å². The van der Waals surface area contributed by atoms with Crippen LogP contribution < -0.4 is 30.0 Å². The van der Waals surface area contributed by atoms with Gasteiger partial charge in [-0.3, -0.25) is 0 Å². The van der Waals surface area contributed by atoms with Crippen LogP contribution in [0.3, 0.4) is 0 Å². The molecule has 2 aromatic rings. The van der Waals surface area contributed by atoms with Crippen LogP contribution in [0.2, 0.25) is 19.6 Å². The molecule has 0 N–H and O–H groups in total. The minimum absolute atomic E-state index is 0. The van der Waals surface area contributed by atoms with Crippen molar-refractivity contribution in [1.82, 2.24) is 0 Å². The molecule has 0 bridgehead atoms. The summed E-state index contributed by atoms with van der Waals surface area (Å²) in [5.41, 5.74) is 11.3. The van der Waals surface area contributed by atoms with Gasteiger partial charge in [-0.15, -0.1) is 6.92 Å². The minimum atomic E-state index is -1.01. The summed E-state index contributed by atoms with van der Waals surface area (Å²) >= 11 is 1.69. The van der Waals surface area contributed by atoms with Crippen molar-refractivity contribution >= 4 is 22.0 Å². The van der Waals surface area contributed by atoms with Crippen LogP contribution in [-0.4, -0.2) is 11.3 Å². The summed E-state index contributed by atoms with van der Waals surface area (Å²) in [4.78, 5) is 0. The predicted molar refractivity (Wildman–Crippen MR) is 202 cm³/mol. The quantitative estimate of drug-likeness (QED) is 0.261. The third-order valence-electron chi connectivity index (χ3n) is 13.7. The Bertz CT molecular complexity index is 1540. The molecule has 2 aromatic carbocycles. The van der Waals surface area contributed by atoms with Crippen LogP contribution in [0, 0.1) is 53.3 Å². The average molecular weight is 781 g/mol. The number of rotatable bonds is 1. The van der Waals surface area contributed by atoms with E-state index in [0.717, 1.165) is 6.42 Å². The number of benzene rings is 1. The fraction of sp³-hybridized carbons (Fsp3) is 0.568. The third-order valence-corrected chi connectivity index (χ3v) is 17.0. The molecular weight excluding hydrogens is 719 g/mol. The van der Waals surface area contributed by atoms with Gasteiger partial charge in [-0.2, -0.15) is 28.8 Å². The summed E-state index contributed by atoms with van der Waals surface area (Å²) in [6.07, 6.45) is 13.4. The number of fused-ring (bicyclic) bond motifs is 6. The fourth-order valence-electron chi connectivity index (χ4n) is 9.85. The Hall–Kier alpha value is -0.790. The Balaban J connectivity index is 0.000000271. The Kier molecular flexibility index (Phi) is 13.7. The maximum absolute atomic E-state index is 2.63. The van der Waals surface area contributed by atoms with E-state index in [9.17, 15) is 0 Å². The summed E-state index contributed by atoms with van der Waals surface area (Å²) in [6.45, 7) is 29.5. The van der Waals surface area contributed by atoms with Gasteiger partial charge in [0.25, 0.3) is 0 Å². The van der Waals surface area contributed by atoms with Crippen molar-refractivity contribution in [3.63, 3.8) is 0 Å². The first kappa shape index (κ1) is 41.6. The molecule has 7 atom stereocenters.